The Hall–Kier alpha value is -1.38. The van der Waals surface area contributed by atoms with Crippen LogP contribution in [0, 0.1) is 0 Å². The highest BCUT2D eigenvalue weighted by Gasteiger charge is 2.33. The van der Waals surface area contributed by atoms with Crippen LogP contribution in [-0.2, 0) is 15.8 Å². The van der Waals surface area contributed by atoms with Crippen molar-refractivity contribution in [1.29, 1.82) is 0 Å². The van der Waals surface area contributed by atoms with Crippen molar-refractivity contribution in [3.63, 3.8) is 0 Å². The minimum absolute atomic E-state index is 0.0216. The molecule has 0 saturated heterocycles. The first-order chi connectivity index (χ1) is 8.30. The number of halogens is 4. The van der Waals surface area contributed by atoms with E-state index in [1.165, 1.54) is 12.1 Å². The van der Waals surface area contributed by atoms with Crippen molar-refractivity contribution in [2.75, 3.05) is 0 Å². The second kappa shape index (κ2) is 4.38. The summed E-state index contributed by atoms with van der Waals surface area (Å²) in [4.78, 5) is 22.7. The van der Waals surface area contributed by atoms with Gasteiger partial charge in [0.05, 0.1) is 14.7 Å². The zero-order valence-electron chi connectivity index (χ0n) is 8.64. The molecule has 0 unspecified atom stereocenters. The van der Waals surface area contributed by atoms with Gasteiger partial charge >= 0.3 is 6.18 Å². The second-order valence-electron chi connectivity index (χ2n) is 3.55. The molecule has 7 heteroatoms. The summed E-state index contributed by atoms with van der Waals surface area (Å²) < 4.78 is 37.7. The Morgan fingerprint density at radius 1 is 1.11 bits per heavy atom. The van der Waals surface area contributed by atoms with Crippen molar-refractivity contribution < 1.29 is 22.8 Å². The first-order valence-corrected chi connectivity index (χ1v) is 5.81. The van der Waals surface area contributed by atoms with Gasteiger partial charge in [-0.2, -0.15) is 13.2 Å². The van der Waals surface area contributed by atoms with E-state index in [1.807, 2.05) is 5.32 Å². The number of carbonyl (C=O) groups excluding carboxylic acids is 2. The van der Waals surface area contributed by atoms with Gasteiger partial charge in [-0.3, -0.25) is 14.9 Å². The molecule has 0 radical (unpaired) electrons. The summed E-state index contributed by atoms with van der Waals surface area (Å²) in [6, 6.07) is 4.32. The van der Waals surface area contributed by atoms with Gasteiger partial charge in [-0.25, -0.2) is 0 Å². The molecule has 0 bridgehead atoms. The average molecular weight is 367 g/mol. The largest absolute Gasteiger partial charge is 0.416 e. The fourth-order valence-corrected chi connectivity index (χ4v) is 2.23. The van der Waals surface area contributed by atoms with Gasteiger partial charge in [-0.1, -0.05) is 12.1 Å². The van der Waals surface area contributed by atoms with Gasteiger partial charge in [0.2, 0.25) is 0 Å². The maximum atomic E-state index is 12.5. The number of carbonyl (C=O) groups is 2. The van der Waals surface area contributed by atoms with E-state index in [1.54, 1.807) is 22.6 Å². The number of imide groups is 1. The highest BCUT2D eigenvalue weighted by atomic mass is 127. The molecule has 1 aliphatic heterocycles. The molecule has 0 saturated carbocycles. The third-order valence-corrected chi connectivity index (χ3v) is 3.38. The summed E-state index contributed by atoms with van der Waals surface area (Å²) in [5.41, 5.74) is -0.798. The molecule has 0 aromatic heterocycles. The van der Waals surface area contributed by atoms with Crippen molar-refractivity contribution in [3.05, 3.63) is 39.0 Å². The Morgan fingerprint density at radius 3 is 2.28 bits per heavy atom. The van der Waals surface area contributed by atoms with Gasteiger partial charge in [0.25, 0.3) is 11.8 Å². The molecule has 3 nitrogen and oxygen atoms in total. The molecule has 1 N–H and O–H groups in total. The molecule has 1 aromatic carbocycles. The van der Waals surface area contributed by atoms with Gasteiger partial charge in [-0.15, -0.1) is 0 Å². The maximum absolute atomic E-state index is 12.5. The summed E-state index contributed by atoms with van der Waals surface area (Å²) in [6.07, 6.45) is -4.49. The zero-order chi connectivity index (χ0) is 13.5. The number of rotatable bonds is 1. The van der Waals surface area contributed by atoms with Gasteiger partial charge in [0, 0.05) is 0 Å². The molecule has 0 aliphatic carbocycles. The Morgan fingerprint density at radius 2 is 1.78 bits per heavy atom. The van der Waals surface area contributed by atoms with Crippen LogP contribution >= 0.6 is 22.6 Å². The quantitative estimate of drug-likeness (QED) is 0.613. The van der Waals surface area contributed by atoms with Gasteiger partial charge in [0.15, 0.2) is 0 Å². The number of hydrogen-bond donors (Lipinski definition) is 1. The van der Waals surface area contributed by atoms with Crippen LogP contribution in [0.4, 0.5) is 13.2 Å². The summed E-state index contributed by atoms with van der Waals surface area (Å²) >= 11 is 1.64. The molecule has 0 fully saturated rings. The van der Waals surface area contributed by atoms with E-state index in [2.05, 4.69) is 0 Å². The van der Waals surface area contributed by atoms with E-state index in [-0.39, 0.29) is 14.7 Å². The smallest absolute Gasteiger partial charge is 0.288 e. The second-order valence-corrected chi connectivity index (χ2v) is 4.63. The molecule has 1 aliphatic rings. The van der Waals surface area contributed by atoms with Crippen molar-refractivity contribution in [1.82, 2.24) is 5.32 Å². The van der Waals surface area contributed by atoms with Gasteiger partial charge < -0.3 is 0 Å². The highest BCUT2D eigenvalue weighted by molar-refractivity contribution is 14.1. The van der Waals surface area contributed by atoms with Crippen LogP contribution in [-0.4, -0.2) is 11.8 Å². The Bertz CT molecular complexity index is 578. The third kappa shape index (κ3) is 2.26. The summed E-state index contributed by atoms with van der Waals surface area (Å²) in [6.45, 7) is 0. The zero-order valence-corrected chi connectivity index (χ0v) is 10.8. The fraction of sp³-hybridized carbons (Fsp3) is 0.0909. The molecule has 2 rings (SSSR count). The minimum Gasteiger partial charge on any atom is -0.288 e. The first kappa shape index (κ1) is 13.1. The third-order valence-electron chi connectivity index (χ3n) is 2.35. The molecule has 94 valence electrons. The summed E-state index contributed by atoms with van der Waals surface area (Å²) in [5, 5.41) is 2.03. The standard InChI is InChI=1S/C11H5F3INO2/c12-11(13,14)6-3-1-2-5(4-6)7-8(15)10(18)16-9(7)17/h1-4H,(H,16,17,18). The predicted octanol–water partition coefficient (Wildman–Crippen LogP) is 2.51. The molecule has 0 atom stereocenters. The topological polar surface area (TPSA) is 46.2 Å². The maximum Gasteiger partial charge on any atom is 0.416 e. The number of amides is 2. The molecule has 1 heterocycles. The van der Waals surface area contributed by atoms with E-state index in [0.717, 1.165) is 12.1 Å². The van der Waals surface area contributed by atoms with Crippen LogP contribution in [0.1, 0.15) is 11.1 Å². The van der Waals surface area contributed by atoms with Crippen molar-refractivity contribution >= 4 is 40.0 Å². The molecule has 2 amide bonds. The molecule has 0 spiro atoms. The van der Waals surface area contributed by atoms with Crippen LogP contribution in [0.2, 0.25) is 0 Å². The van der Waals surface area contributed by atoms with E-state index in [4.69, 9.17) is 0 Å². The predicted molar refractivity (Wildman–Crippen MR) is 65.5 cm³/mol. The van der Waals surface area contributed by atoms with Crippen LogP contribution in [0.5, 0.6) is 0 Å². The normalized spacial score (nSPS) is 16.2. The lowest BCUT2D eigenvalue weighted by molar-refractivity contribution is -0.137. The van der Waals surface area contributed by atoms with Crippen molar-refractivity contribution in [2.45, 2.75) is 6.18 Å². The highest BCUT2D eigenvalue weighted by Crippen LogP contribution is 2.33. The summed E-state index contributed by atoms with van der Waals surface area (Å²) in [5.74, 6) is -1.27. The van der Waals surface area contributed by atoms with E-state index < -0.39 is 23.6 Å². The fourth-order valence-electron chi connectivity index (χ4n) is 1.54. The number of nitrogens with one attached hydrogen (secondary N) is 1. The minimum atomic E-state index is -4.49. The van der Waals surface area contributed by atoms with Crippen LogP contribution in [0.15, 0.2) is 27.8 Å². The lowest BCUT2D eigenvalue weighted by atomic mass is 10.0. The average Bonchev–Trinajstić information content (AvgIpc) is 2.52. The molecule has 18 heavy (non-hydrogen) atoms. The van der Waals surface area contributed by atoms with Gasteiger partial charge in [0.1, 0.15) is 0 Å². The van der Waals surface area contributed by atoms with Crippen LogP contribution in [0.25, 0.3) is 5.57 Å². The first-order valence-electron chi connectivity index (χ1n) is 4.74. The van der Waals surface area contributed by atoms with Gasteiger partial charge in [-0.05, 0) is 40.3 Å². The monoisotopic (exact) mass is 367 g/mol. The Kier molecular flexibility index (Phi) is 3.18. The molecule has 1 aromatic rings. The Balaban J connectivity index is 2.54. The lowest BCUT2D eigenvalue weighted by Crippen LogP contribution is -2.22. The molecular weight excluding hydrogens is 362 g/mol. The van der Waals surface area contributed by atoms with Crippen molar-refractivity contribution in [3.8, 4) is 0 Å². The van der Waals surface area contributed by atoms with Crippen LogP contribution < -0.4 is 5.32 Å². The van der Waals surface area contributed by atoms with E-state index in [0.29, 0.717) is 0 Å². The number of alkyl halides is 3. The number of hydrogen-bond acceptors (Lipinski definition) is 2. The van der Waals surface area contributed by atoms with Crippen LogP contribution in [0.3, 0.4) is 0 Å². The van der Waals surface area contributed by atoms with E-state index in [9.17, 15) is 22.8 Å². The lowest BCUT2D eigenvalue weighted by Gasteiger charge is -2.08. The summed E-state index contributed by atoms with van der Waals surface area (Å²) in [7, 11) is 0. The molecular formula is C11H5F3INO2. The Labute approximate surface area is 113 Å². The number of benzene rings is 1. The van der Waals surface area contributed by atoms with E-state index >= 15 is 0 Å². The SMILES string of the molecule is O=C1NC(=O)C(c2cccc(C(F)(F)F)c2)=C1I. The van der Waals surface area contributed by atoms with Crippen molar-refractivity contribution in [2.24, 2.45) is 0 Å².